The summed E-state index contributed by atoms with van der Waals surface area (Å²) in [6, 6.07) is 5.41. The van der Waals surface area contributed by atoms with E-state index in [0.717, 1.165) is 10.5 Å². The Labute approximate surface area is 123 Å². The lowest BCUT2D eigenvalue weighted by molar-refractivity contribution is -0.157. The minimum atomic E-state index is -0.516. The summed E-state index contributed by atoms with van der Waals surface area (Å²) >= 11 is 1.17. The summed E-state index contributed by atoms with van der Waals surface area (Å²) in [5, 5.41) is 0.0341. The van der Waals surface area contributed by atoms with Crippen LogP contribution in [-0.4, -0.2) is 23.3 Å². The van der Waals surface area contributed by atoms with Crippen molar-refractivity contribution in [3.63, 3.8) is 0 Å². The number of rotatable bonds is 4. The SMILES string of the molecule is CC(=O)Sc1ccc(OCC(=O)OC(C)(C)C)c(C)c1. The van der Waals surface area contributed by atoms with Crippen LogP contribution in [0.4, 0.5) is 0 Å². The minimum absolute atomic E-state index is 0.0341. The normalized spacial score (nSPS) is 11.1. The van der Waals surface area contributed by atoms with Crippen molar-refractivity contribution >= 4 is 22.8 Å². The summed E-state index contributed by atoms with van der Waals surface area (Å²) in [7, 11) is 0. The standard InChI is InChI=1S/C15H20O4S/c1-10-8-12(20-11(2)16)6-7-13(10)18-9-14(17)19-15(3,4)5/h6-8H,9H2,1-5H3. The first-order valence-electron chi connectivity index (χ1n) is 6.31. The minimum Gasteiger partial charge on any atom is -0.482 e. The van der Waals surface area contributed by atoms with Crippen molar-refractivity contribution in [1.29, 1.82) is 0 Å². The van der Waals surface area contributed by atoms with Gasteiger partial charge in [0.2, 0.25) is 0 Å². The van der Waals surface area contributed by atoms with Crippen LogP contribution in [0.2, 0.25) is 0 Å². The molecule has 0 amide bonds. The van der Waals surface area contributed by atoms with E-state index in [0.29, 0.717) is 5.75 Å². The van der Waals surface area contributed by atoms with Gasteiger partial charge in [-0.05, 0) is 51.5 Å². The lowest BCUT2D eigenvalue weighted by atomic mass is 10.2. The molecule has 4 nitrogen and oxygen atoms in total. The first-order valence-corrected chi connectivity index (χ1v) is 7.13. The average Bonchev–Trinajstić information content (AvgIpc) is 2.24. The van der Waals surface area contributed by atoms with E-state index in [1.165, 1.54) is 18.7 Å². The molecule has 0 bridgehead atoms. The van der Waals surface area contributed by atoms with E-state index in [1.54, 1.807) is 12.1 Å². The van der Waals surface area contributed by atoms with Crippen molar-refractivity contribution in [3.8, 4) is 5.75 Å². The van der Waals surface area contributed by atoms with Crippen LogP contribution in [0.3, 0.4) is 0 Å². The summed E-state index contributed by atoms with van der Waals surface area (Å²) in [5.74, 6) is 0.211. The highest BCUT2D eigenvalue weighted by atomic mass is 32.2. The summed E-state index contributed by atoms with van der Waals surface area (Å²) < 4.78 is 10.6. The molecule has 0 unspecified atom stereocenters. The van der Waals surface area contributed by atoms with Crippen LogP contribution < -0.4 is 4.74 Å². The first kappa shape index (κ1) is 16.6. The first-order chi connectivity index (χ1) is 9.17. The molecule has 1 rings (SSSR count). The summed E-state index contributed by atoms with van der Waals surface area (Å²) in [5.41, 5.74) is 0.358. The van der Waals surface area contributed by atoms with Crippen molar-refractivity contribution < 1.29 is 19.1 Å². The zero-order valence-corrected chi connectivity index (χ0v) is 13.3. The van der Waals surface area contributed by atoms with Gasteiger partial charge in [-0.15, -0.1) is 0 Å². The van der Waals surface area contributed by atoms with Gasteiger partial charge in [-0.25, -0.2) is 4.79 Å². The lowest BCUT2D eigenvalue weighted by Crippen LogP contribution is -2.27. The molecule has 0 N–H and O–H groups in total. The number of ether oxygens (including phenoxy) is 2. The van der Waals surface area contributed by atoms with Gasteiger partial charge in [0.05, 0.1) is 0 Å². The van der Waals surface area contributed by atoms with Crippen molar-refractivity contribution in [1.82, 2.24) is 0 Å². The van der Waals surface area contributed by atoms with Gasteiger partial charge < -0.3 is 9.47 Å². The molecule has 0 saturated carbocycles. The molecule has 0 spiro atoms. The highest BCUT2D eigenvalue weighted by Crippen LogP contribution is 2.26. The number of hydrogen-bond acceptors (Lipinski definition) is 5. The largest absolute Gasteiger partial charge is 0.482 e. The molecule has 0 aliphatic heterocycles. The second kappa shape index (κ2) is 6.79. The van der Waals surface area contributed by atoms with Gasteiger partial charge in [-0.2, -0.15) is 0 Å². The highest BCUT2D eigenvalue weighted by molar-refractivity contribution is 8.13. The predicted molar refractivity (Wildman–Crippen MR) is 79.1 cm³/mol. The fourth-order valence-corrected chi connectivity index (χ4v) is 2.22. The maximum Gasteiger partial charge on any atom is 0.344 e. The highest BCUT2D eigenvalue weighted by Gasteiger charge is 2.16. The number of benzene rings is 1. The second-order valence-electron chi connectivity index (χ2n) is 5.40. The van der Waals surface area contributed by atoms with E-state index in [1.807, 2.05) is 33.8 Å². The molecule has 0 fully saturated rings. The number of aryl methyl sites for hydroxylation is 1. The molecule has 0 heterocycles. The van der Waals surface area contributed by atoms with E-state index >= 15 is 0 Å². The van der Waals surface area contributed by atoms with Crippen molar-refractivity contribution in [2.45, 2.75) is 45.1 Å². The molecular formula is C15H20O4S. The van der Waals surface area contributed by atoms with Crippen LogP contribution in [-0.2, 0) is 14.3 Å². The van der Waals surface area contributed by atoms with Crippen LogP contribution in [0.25, 0.3) is 0 Å². The Morgan fingerprint density at radius 3 is 2.40 bits per heavy atom. The number of carbonyl (C=O) groups is 2. The third-order valence-corrected chi connectivity index (χ3v) is 2.95. The lowest BCUT2D eigenvalue weighted by Gasteiger charge is -2.19. The summed E-state index contributed by atoms with van der Waals surface area (Å²) in [6.07, 6.45) is 0. The number of carbonyl (C=O) groups excluding carboxylic acids is 2. The Morgan fingerprint density at radius 2 is 1.90 bits per heavy atom. The number of thioether (sulfide) groups is 1. The summed E-state index contributed by atoms with van der Waals surface area (Å²) in [6.45, 7) is 8.69. The molecule has 110 valence electrons. The Bertz CT molecular complexity index is 503. The second-order valence-corrected chi connectivity index (χ2v) is 6.65. The van der Waals surface area contributed by atoms with Crippen LogP contribution in [0.1, 0.15) is 33.3 Å². The Morgan fingerprint density at radius 1 is 1.25 bits per heavy atom. The number of hydrogen-bond donors (Lipinski definition) is 0. The van der Waals surface area contributed by atoms with E-state index in [9.17, 15) is 9.59 Å². The average molecular weight is 296 g/mol. The van der Waals surface area contributed by atoms with Gasteiger partial charge in [0.1, 0.15) is 11.4 Å². The van der Waals surface area contributed by atoms with Crippen LogP contribution in [0.15, 0.2) is 23.1 Å². The maximum absolute atomic E-state index is 11.6. The van der Waals surface area contributed by atoms with Gasteiger partial charge in [0, 0.05) is 11.8 Å². The molecule has 5 heteroatoms. The zero-order valence-electron chi connectivity index (χ0n) is 12.5. The summed E-state index contributed by atoms with van der Waals surface area (Å²) in [4.78, 5) is 23.4. The van der Waals surface area contributed by atoms with Crippen LogP contribution in [0, 0.1) is 6.92 Å². The van der Waals surface area contributed by atoms with Crippen LogP contribution in [0.5, 0.6) is 5.75 Å². The van der Waals surface area contributed by atoms with Gasteiger partial charge in [0.15, 0.2) is 11.7 Å². The maximum atomic E-state index is 11.6. The van der Waals surface area contributed by atoms with Crippen molar-refractivity contribution in [2.75, 3.05) is 6.61 Å². The number of esters is 1. The Hall–Kier alpha value is -1.49. The molecule has 1 aromatic rings. The van der Waals surface area contributed by atoms with E-state index in [4.69, 9.17) is 9.47 Å². The van der Waals surface area contributed by atoms with E-state index in [2.05, 4.69) is 0 Å². The quantitative estimate of drug-likeness (QED) is 0.630. The van der Waals surface area contributed by atoms with Gasteiger partial charge in [0.25, 0.3) is 0 Å². The smallest absolute Gasteiger partial charge is 0.344 e. The third kappa shape index (κ3) is 6.10. The molecule has 0 aromatic heterocycles. The molecule has 0 atom stereocenters. The Kier molecular flexibility index (Phi) is 5.62. The van der Waals surface area contributed by atoms with E-state index < -0.39 is 11.6 Å². The fourth-order valence-electron chi connectivity index (χ4n) is 1.52. The van der Waals surface area contributed by atoms with E-state index in [-0.39, 0.29) is 11.7 Å². The monoisotopic (exact) mass is 296 g/mol. The zero-order chi connectivity index (χ0) is 15.3. The predicted octanol–water partition coefficient (Wildman–Crippen LogP) is 3.35. The van der Waals surface area contributed by atoms with Crippen LogP contribution >= 0.6 is 11.8 Å². The molecular weight excluding hydrogens is 276 g/mol. The van der Waals surface area contributed by atoms with Crippen molar-refractivity contribution in [3.05, 3.63) is 23.8 Å². The van der Waals surface area contributed by atoms with Gasteiger partial charge in [-0.1, -0.05) is 11.8 Å². The molecule has 0 saturated heterocycles. The van der Waals surface area contributed by atoms with Crippen molar-refractivity contribution in [2.24, 2.45) is 0 Å². The Balaban J connectivity index is 2.61. The molecule has 1 aromatic carbocycles. The van der Waals surface area contributed by atoms with Gasteiger partial charge >= 0.3 is 5.97 Å². The topological polar surface area (TPSA) is 52.6 Å². The molecule has 20 heavy (non-hydrogen) atoms. The molecule has 0 radical (unpaired) electrons. The van der Waals surface area contributed by atoms with Gasteiger partial charge in [-0.3, -0.25) is 4.79 Å². The fraction of sp³-hybridized carbons (Fsp3) is 0.467. The molecule has 0 aliphatic carbocycles. The molecule has 0 aliphatic rings. The third-order valence-electron chi connectivity index (χ3n) is 2.17.